The van der Waals surface area contributed by atoms with Crippen LogP contribution in [0.1, 0.15) is 5.56 Å². The van der Waals surface area contributed by atoms with Gasteiger partial charge in [-0.05, 0) is 12.1 Å². The maximum absolute atomic E-state index is 13.8. The van der Waals surface area contributed by atoms with Crippen molar-refractivity contribution < 1.29 is 8.81 Å². The zero-order chi connectivity index (χ0) is 19.8. The van der Waals surface area contributed by atoms with Crippen molar-refractivity contribution in [3.8, 4) is 22.6 Å². The Morgan fingerprint density at radius 2 is 2.07 bits per heavy atom. The van der Waals surface area contributed by atoms with E-state index in [0.29, 0.717) is 17.1 Å². The van der Waals surface area contributed by atoms with E-state index in [4.69, 9.17) is 4.42 Å². The second-order valence-corrected chi connectivity index (χ2v) is 6.58. The zero-order valence-corrected chi connectivity index (χ0v) is 15.4. The highest BCUT2D eigenvalue weighted by atomic mass is 19.1. The normalized spacial score (nSPS) is 11.2. The van der Waals surface area contributed by atoms with Crippen molar-refractivity contribution >= 4 is 17.0 Å². The average molecular weight is 389 g/mol. The van der Waals surface area contributed by atoms with Gasteiger partial charge < -0.3 is 14.7 Å². The maximum Gasteiger partial charge on any atom is 0.316 e. The summed E-state index contributed by atoms with van der Waals surface area (Å²) in [4.78, 5) is 7.58. The molecular weight excluding hydrogens is 373 g/mol. The van der Waals surface area contributed by atoms with Crippen LogP contribution >= 0.6 is 0 Å². The van der Waals surface area contributed by atoms with E-state index in [-0.39, 0.29) is 18.4 Å². The van der Waals surface area contributed by atoms with Gasteiger partial charge in [0.05, 0.1) is 11.8 Å². The van der Waals surface area contributed by atoms with E-state index in [1.807, 2.05) is 19.3 Å². The first kappa shape index (κ1) is 17.1. The largest absolute Gasteiger partial charge is 0.403 e. The Kier molecular flexibility index (Phi) is 4.05. The molecule has 0 atom stereocenters. The highest BCUT2D eigenvalue weighted by Gasteiger charge is 2.15. The molecule has 1 aromatic carbocycles. The fourth-order valence-corrected chi connectivity index (χ4v) is 3.12. The standard InChI is InChI=1S/C20H16FN7O/c1-28-11-14(9-25-28)13-6-15-16(10-23-18(15)22-8-13)19-26-27-20(29-19)24-7-12-4-2-3-5-17(12)21/h2-6,8-11H,7H2,1H3,(H,22,23)(H,24,27). The van der Waals surface area contributed by atoms with Crippen LogP contribution in [0.5, 0.6) is 0 Å². The highest BCUT2D eigenvalue weighted by molar-refractivity contribution is 5.93. The van der Waals surface area contributed by atoms with Gasteiger partial charge in [0.15, 0.2) is 0 Å². The van der Waals surface area contributed by atoms with Crippen LogP contribution in [0.15, 0.2) is 59.5 Å². The third kappa shape index (κ3) is 3.22. The lowest BCUT2D eigenvalue weighted by molar-refractivity contribution is 0.577. The number of nitrogens with zero attached hydrogens (tertiary/aromatic N) is 5. The Hall–Kier alpha value is -4.01. The Morgan fingerprint density at radius 1 is 1.17 bits per heavy atom. The summed E-state index contributed by atoms with van der Waals surface area (Å²) >= 11 is 0. The zero-order valence-electron chi connectivity index (χ0n) is 15.4. The van der Waals surface area contributed by atoms with Crippen LogP contribution in [0.2, 0.25) is 0 Å². The molecule has 0 radical (unpaired) electrons. The fraction of sp³-hybridized carbons (Fsp3) is 0.100. The highest BCUT2D eigenvalue weighted by Crippen LogP contribution is 2.30. The number of hydrogen-bond donors (Lipinski definition) is 2. The number of aromatic amines is 1. The van der Waals surface area contributed by atoms with E-state index in [0.717, 1.165) is 22.1 Å². The minimum atomic E-state index is -0.287. The molecule has 9 heteroatoms. The lowest BCUT2D eigenvalue weighted by Gasteiger charge is -2.02. The number of halogens is 1. The lowest BCUT2D eigenvalue weighted by atomic mass is 10.1. The van der Waals surface area contributed by atoms with Crippen LogP contribution in [0.3, 0.4) is 0 Å². The number of pyridine rings is 1. The predicted molar refractivity (Wildman–Crippen MR) is 105 cm³/mol. The molecule has 5 rings (SSSR count). The minimum Gasteiger partial charge on any atom is -0.403 e. The lowest BCUT2D eigenvalue weighted by Crippen LogP contribution is -2.01. The molecule has 5 aromatic rings. The second kappa shape index (κ2) is 6.86. The number of nitrogens with one attached hydrogen (secondary N) is 2. The molecule has 2 N–H and O–H groups in total. The van der Waals surface area contributed by atoms with Crippen LogP contribution < -0.4 is 5.32 Å². The van der Waals surface area contributed by atoms with Gasteiger partial charge in [-0.3, -0.25) is 4.68 Å². The van der Waals surface area contributed by atoms with Gasteiger partial charge in [0.2, 0.25) is 0 Å². The maximum atomic E-state index is 13.8. The van der Waals surface area contributed by atoms with Crippen molar-refractivity contribution in [2.75, 3.05) is 5.32 Å². The molecule has 0 spiro atoms. The van der Waals surface area contributed by atoms with Gasteiger partial charge >= 0.3 is 6.01 Å². The molecule has 0 aliphatic heterocycles. The van der Waals surface area contributed by atoms with Gasteiger partial charge in [-0.2, -0.15) is 5.10 Å². The molecule has 29 heavy (non-hydrogen) atoms. The molecule has 0 aliphatic carbocycles. The molecule has 0 amide bonds. The first-order valence-corrected chi connectivity index (χ1v) is 8.95. The van der Waals surface area contributed by atoms with E-state index in [1.54, 1.807) is 41.5 Å². The Bertz CT molecular complexity index is 1300. The van der Waals surface area contributed by atoms with Gasteiger partial charge in [0.25, 0.3) is 5.89 Å². The summed E-state index contributed by atoms with van der Waals surface area (Å²) in [7, 11) is 1.87. The minimum absolute atomic E-state index is 0.217. The summed E-state index contributed by atoms with van der Waals surface area (Å²) < 4.78 is 21.2. The average Bonchev–Trinajstić information content (AvgIpc) is 3.46. The molecule has 8 nitrogen and oxygen atoms in total. The number of fused-ring (bicyclic) bond motifs is 1. The Labute approximate surface area is 164 Å². The van der Waals surface area contributed by atoms with Crippen molar-refractivity contribution in [2.45, 2.75) is 6.54 Å². The quantitative estimate of drug-likeness (QED) is 0.475. The Morgan fingerprint density at radius 3 is 2.90 bits per heavy atom. The van der Waals surface area contributed by atoms with Crippen molar-refractivity contribution in [3.63, 3.8) is 0 Å². The van der Waals surface area contributed by atoms with Gasteiger partial charge in [0, 0.05) is 54.3 Å². The van der Waals surface area contributed by atoms with E-state index in [2.05, 4.69) is 30.6 Å². The van der Waals surface area contributed by atoms with Crippen LogP contribution in [-0.2, 0) is 13.6 Å². The smallest absolute Gasteiger partial charge is 0.316 e. The third-order valence-corrected chi connectivity index (χ3v) is 4.61. The first-order valence-electron chi connectivity index (χ1n) is 8.95. The summed E-state index contributed by atoms with van der Waals surface area (Å²) in [5.41, 5.74) is 3.87. The molecule has 0 fully saturated rings. The van der Waals surface area contributed by atoms with Crippen LogP contribution in [0.25, 0.3) is 33.6 Å². The molecule has 0 bridgehead atoms. The first-order chi connectivity index (χ1) is 14.2. The summed E-state index contributed by atoms with van der Waals surface area (Å²) in [5.74, 6) is 0.0581. The molecule has 0 saturated heterocycles. The molecular formula is C20H16FN7O. The van der Waals surface area contributed by atoms with Gasteiger partial charge in [-0.15, -0.1) is 5.10 Å². The predicted octanol–water partition coefficient (Wildman–Crippen LogP) is 3.76. The van der Waals surface area contributed by atoms with E-state index in [1.165, 1.54) is 6.07 Å². The third-order valence-electron chi connectivity index (χ3n) is 4.61. The molecule has 0 aliphatic rings. The molecule has 4 heterocycles. The molecule has 4 aromatic heterocycles. The molecule has 144 valence electrons. The van der Waals surface area contributed by atoms with E-state index in [9.17, 15) is 4.39 Å². The number of anilines is 1. The number of H-pyrrole nitrogens is 1. The molecule has 0 unspecified atom stereocenters. The summed E-state index contributed by atoms with van der Waals surface area (Å²) in [5, 5.41) is 16.1. The number of aryl methyl sites for hydroxylation is 1. The fourth-order valence-electron chi connectivity index (χ4n) is 3.12. The SMILES string of the molecule is Cn1cc(-c2cnc3[nH]cc(-c4nnc(NCc5ccccc5F)o4)c3c2)cn1. The monoisotopic (exact) mass is 389 g/mol. The van der Waals surface area contributed by atoms with Crippen molar-refractivity contribution in [3.05, 3.63) is 66.5 Å². The van der Waals surface area contributed by atoms with Crippen LogP contribution in [0, 0.1) is 5.82 Å². The Balaban J connectivity index is 1.43. The van der Waals surface area contributed by atoms with Gasteiger partial charge in [-0.25, -0.2) is 9.37 Å². The summed E-state index contributed by atoms with van der Waals surface area (Å²) in [6, 6.07) is 8.75. The van der Waals surface area contributed by atoms with Crippen molar-refractivity contribution in [1.82, 2.24) is 29.9 Å². The number of hydrogen-bond acceptors (Lipinski definition) is 6. The summed E-state index contributed by atoms with van der Waals surface area (Å²) in [6.45, 7) is 0.245. The van der Waals surface area contributed by atoms with Crippen LogP contribution in [0.4, 0.5) is 10.4 Å². The topological polar surface area (TPSA) is 97.5 Å². The van der Waals surface area contributed by atoms with Gasteiger partial charge in [-0.1, -0.05) is 23.3 Å². The van der Waals surface area contributed by atoms with Gasteiger partial charge in [0.1, 0.15) is 11.5 Å². The summed E-state index contributed by atoms with van der Waals surface area (Å²) in [6.07, 6.45) is 7.27. The number of benzene rings is 1. The van der Waals surface area contributed by atoms with Crippen LogP contribution in [-0.4, -0.2) is 29.9 Å². The van der Waals surface area contributed by atoms with Crippen molar-refractivity contribution in [2.24, 2.45) is 7.05 Å². The molecule has 0 saturated carbocycles. The number of aromatic nitrogens is 6. The van der Waals surface area contributed by atoms with E-state index < -0.39 is 0 Å². The van der Waals surface area contributed by atoms with E-state index >= 15 is 0 Å². The second-order valence-electron chi connectivity index (χ2n) is 6.58. The van der Waals surface area contributed by atoms with Crippen molar-refractivity contribution in [1.29, 1.82) is 0 Å². The number of rotatable bonds is 5.